The molecule has 9 aromatic carbocycles. The van der Waals surface area contributed by atoms with Crippen LogP contribution in [-0.4, -0.2) is 142 Å². The van der Waals surface area contributed by atoms with Crippen LogP contribution in [0.2, 0.25) is 0 Å². The monoisotopic (exact) mass is 2020 g/mol. The van der Waals surface area contributed by atoms with E-state index in [2.05, 4.69) is 45.3 Å². The zero-order valence-electron chi connectivity index (χ0n) is 82.0. The SMILES string of the molecule is CC(c1ccc(-c2cnn(C)c2)cc1F)N1Cc2ccccc2C1=O.Cc1cc(-c2ccc(CN3Cc4ncccc4C3=O)c(F)c2)ccn1.Cn1cc(-c2ccc(CN3Cc4ccccc4C3=O)c(C(F)(F)F)c2)cn1.Cn1cc(-c2ccc(CN3Cc4ccccc4C3=O)nc2)cn1.Cn1cc(-c2ccc(CN3Cc4ccccc4C3=O)nc2)cn1.O=C1c2ccccc2CN1Cc1ccc(C2=CCN=C2C(F)(F)F)cc1F. The third-order valence-corrected chi connectivity index (χ3v) is 26.8. The van der Waals surface area contributed by atoms with Crippen molar-refractivity contribution in [2.24, 2.45) is 33.2 Å². The molecular weight excluding hydrogens is 1930 g/mol. The molecule has 0 bridgehead atoms. The number of carbonyl (C=O) groups is 6. The second kappa shape index (κ2) is 43.0. The zero-order valence-corrected chi connectivity index (χ0v) is 82.0. The van der Waals surface area contributed by atoms with Crippen LogP contribution in [0, 0.1) is 24.4 Å². The highest BCUT2D eigenvalue weighted by molar-refractivity contribution is 6.28. The molecule has 6 amide bonds. The first-order chi connectivity index (χ1) is 72.2. The Balaban J connectivity index is 0.000000113. The number of aryl methyl sites for hydroxylation is 5. The highest BCUT2D eigenvalue weighted by atomic mass is 19.4. The summed E-state index contributed by atoms with van der Waals surface area (Å²) in [6.45, 7) is 7.89. The van der Waals surface area contributed by atoms with E-state index in [1.165, 1.54) is 57.1 Å². The van der Waals surface area contributed by atoms with Crippen LogP contribution in [0.5, 0.6) is 0 Å². The first kappa shape index (κ1) is 101. The van der Waals surface area contributed by atoms with Crippen molar-refractivity contribution in [2.45, 2.75) is 104 Å². The number of alkyl halides is 6. The van der Waals surface area contributed by atoms with Crippen molar-refractivity contribution in [2.75, 3.05) is 6.54 Å². The number of aliphatic imine (C=N–C) groups is 1. The van der Waals surface area contributed by atoms with Crippen molar-refractivity contribution in [3.63, 3.8) is 0 Å². The topological polar surface area (TPSA) is 257 Å². The number of pyridine rings is 4. The Hall–Kier alpha value is -18.0. The molecule has 150 heavy (non-hydrogen) atoms. The maximum absolute atomic E-state index is 14.7. The van der Waals surface area contributed by atoms with Gasteiger partial charge in [0.1, 0.15) is 23.2 Å². The van der Waals surface area contributed by atoms with Crippen LogP contribution >= 0.6 is 0 Å². The summed E-state index contributed by atoms with van der Waals surface area (Å²) in [5.41, 5.74) is 20.5. The van der Waals surface area contributed by atoms with Crippen molar-refractivity contribution in [3.05, 3.63) is 458 Å². The summed E-state index contributed by atoms with van der Waals surface area (Å²) in [6, 6.07) is 70.7. The van der Waals surface area contributed by atoms with Crippen LogP contribution in [-0.2, 0) is 106 Å². The number of rotatable bonds is 18. The fourth-order valence-corrected chi connectivity index (χ4v) is 19.0. The summed E-state index contributed by atoms with van der Waals surface area (Å²) in [5.74, 6) is -1.67. The van der Waals surface area contributed by atoms with Gasteiger partial charge in [-0.2, -0.15) is 46.7 Å². The predicted octanol–water partition coefficient (Wildman–Crippen LogP) is 21.6. The molecule has 24 rings (SSSR count). The molecule has 0 fully saturated rings. The number of halogens is 9. The Morgan fingerprint density at radius 1 is 0.320 bits per heavy atom. The minimum Gasteiger partial charge on any atom is -0.330 e. The Bertz CT molecular complexity index is 7960. The molecule has 0 saturated heterocycles. The Kier molecular flexibility index (Phi) is 28.9. The minimum absolute atomic E-state index is 0.0427. The maximum Gasteiger partial charge on any atom is 0.433 e. The van der Waals surface area contributed by atoms with Crippen LogP contribution < -0.4 is 0 Å². The highest BCUT2D eigenvalue weighted by Gasteiger charge is 2.42. The number of fused-ring (bicyclic) bond motifs is 6. The lowest BCUT2D eigenvalue weighted by Crippen LogP contribution is -2.27. The first-order valence-corrected chi connectivity index (χ1v) is 48.0. The molecule has 8 aromatic heterocycles. The van der Waals surface area contributed by atoms with Crippen LogP contribution in [0.25, 0.3) is 61.2 Å². The molecule has 25 nitrogen and oxygen atoms in total. The lowest BCUT2D eigenvalue weighted by atomic mass is 9.99. The third-order valence-electron chi connectivity index (χ3n) is 26.8. The predicted molar refractivity (Wildman–Crippen MR) is 545 cm³/mol. The van der Waals surface area contributed by atoms with Gasteiger partial charge in [0, 0.05) is 219 Å². The third kappa shape index (κ3) is 22.2. The Morgan fingerprint density at radius 3 is 1.09 bits per heavy atom. The van der Waals surface area contributed by atoms with Crippen molar-refractivity contribution >= 4 is 46.7 Å². The molecule has 0 N–H and O–H groups in total. The van der Waals surface area contributed by atoms with Crippen molar-refractivity contribution in [1.82, 2.24) is 88.5 Å². The van der Waals surface area contributed by atoms with Gasteiger partial charge >= 0.3 is 12.4 Å². The highest BCUT2D eigenvalue weighted by Crippen LogP contribution is 2.41. The van der Waals surface area contributed by atoms with Gasteiger partial charge in [-0.1, -0.05) is 158 Å². The van der Waals surface area contributed by atoms with E-state index in [0.717, 1.165) is 118 Å². The lowest BCUT2D eigenvalue weighted by molar-refractivity contribution is -0.138. The first-order valence-electron chi connectivity index (χ1n) is 48.0. The van der Waals surface area contributed by atoms with E-state index in [1.807, 2.05) is 234 Å². The van der Waals surface area contributed by atoms with E-state index in [-0.39, 0.29) is 102 Å². The van der Waals surface area contributed by atoms with Gasteiger partial charge in [-0.05, 0) is 166 Å². The van der Waals surface area contributed by atoms with Crippen molar-refractivity contribution in [3.8, 4) is 55.6 Å². The molecule has 0 aliphatic carbocycles. The Labute approximate surface area is 856 Å². The summed E-state index contributed by atoms with van der Waals surface area (Å²) in [6.07, 6.45) is 13.6. The van der Waals surface area contributed by atoms with Gasteiger partial charge in [0.05, 0.1) is 85.2 Å². The summed E-state index contributed by atoms with van der Waals surface area (Å²) in [7, 11) is 7.32. The van der Waals surface area contributed by atoms with Crippen LogP contribution in [0.1, 0.15) is 159 Å². The van der Waals surface area contributed by atoms with E-state index in [1.54, 1.807) is 110 Å². The molecule has 34 heteroatoms. The van der Waals surface area contributed by atoms with Gasteiger partial charge in [-0.25, -0.2) is 13.2 Å². The van der Waals surface area contributed by atoms with Crippen molar-refractivity contribution < 1.29 is 68.3 Å². The number of nitrogens with zero attached hydrogens (tertiary/aromatic N) is 19. The molecule has 15 heterocycles. The fourth-order valence-electron chi connectivity index (χ4n) is 19.0. The maximum atomic E-state index is 14.7. The number of benzene rings is 9. The summed E-state index contributed by atoms with van der Waals surface area (Å²) in [5, 5.41) is 16.5. The van der Waals surface area contributed by atoms with Crippen LogP contribution in [0.4, 0.5) is 39.5 Å². The van der Waals surface area contributed by atoms with Crippen molar-refractivity contribution in [1.29, 1.82) is 0 Å². The molecule has 1 atom stereocenters. The quantitative estimate of drug-likeness (QED) is 0.0724. The van der Waals surface area contributed by atoms with Gasteiger partial charge in [0.15, 0.2) is 0 Å². The average molecular weight is 2020 g/mol. The molecular formula is C116H96F9N19O6. The molecule has 0 radical (unpaired) electrons. The van der Waals surface area contributed by atoms with Crippen LogP contribution in [0.3, 0.4) is 0 Å². The summed E-state index contributed by atoms with van der Waals surface area (Å²) < 4.78 is 131. The number of hydrogen-bond acceptors (Lipinski definition) is 15. The molecule has 754 valence electrons. The molecule has 0 spiro atoms. The summed E-state index contributed by atoms with van der Waals surface area (Å²) in [4.78, 5) is 105. The number of amides is 6. The van der Waals surface area contributed by atoms with Gasteiger partial charge in [0.2, 0.25) is 0 Å². The molecule has 17 aromatic rings. The number of hydrogen-bond donors (Lipinski definition) is 0. The Morgan fingerprint density at radius 2 is 0.687 bits per heavy atom. The smallest absolute Gasteiger partial charge is 0.330 e. The van der Waals surface area contributed by atoms with Gasteiger partial charge in [0.25, 0.3) is 35.4 Å². The van der Waals surface area contributed by atoms with Gasteiger partial charge in [-0.15, -0.1) is 0 Å². The standard InChI is InChI=1S/C20H14F4N2O.C20H16F3N3O.C20H18FN3O.C20H16FN3O.2C18H16N4O/c21-17-9-12(15-7-8-25-18(15)20(22,23)24)5-6-14(17)11-26-10-13-3-1-2-4-16(13)19(26)27;1-25-10-16(9-24-25)13-6-7-15(18(8-13)20(21,22)23)12-26-11-14-4-2-3-5-17(14)19(26)27;1-13(24-12-15-5-3-4-6-18(15)20(24)25)17-8-7-14(9-19(17)21)16-10-22-23(2)11-16;1-13-9-15(6-8-22-13)14-4-5-16(18(21)10-14)11-24-12-19-17(20(24)25)3-2-7-23-19;2*1-21-10-15(9-20-21)13-6-7-16(19-8-13)12-22-11-14-4-2-3-5-17(14)18(22)23/h1-7,9H,8,10-11H2;2-10H,11-12H2,1H3;3-11,13H,12H2,1-2H3;2-10H,11-12H2,1H3;2*2-10H,11-12H2,1H3. The summed E-state index contributed by atoms with van der Waals surface area (Å²) >= 11 is 0. The average Bonchev–Trinajstić information content (AvgIpc) is 1.63. The molecule has 7 aliphatic heterocycles. The normalized spacial score (nSPS) is 14.2. The second-order valence-corrected chi connectivity index (χ2v) is 37.1. The van der Waals surface area contributed by atoms with E-state index in [4.69, 9.17) is 0 Å². The number of allylic oxidation sites excluding steroid dienone is 1. The van der Waals surface area contributed by atoms with E-state index < -0.39 is 29.4 Å². The molecule has 1 unspecified atom stereocenters. The second-order valence-electron chi connectivity index (χ2n) is 37.1. The zero-order chi connectivity index (χ0) is 105. The van der Waals surface area contributed by atoms with E-state index >= 15 is 0 Å². The fraction of sp³-hybridized carbons (Fsp3) is 0.181. The lowest BCUT2D eigenvalue weighted by Gasteiger charge is -2.25. The minimum atomic E-state index is -4.58. The van der Waals surface area contributed by atoms with Gasteiger partial charge < -0.3 is 29.4 Å². The molecule has 0 saturated carbocycles. The van der Waals surface area contributed by atoms with Gasteiger partial charge in [-0.3, -0.25) is 72.4 Å². The number of aromatic nitrogens is 12. The molecule has 7 aliphatic rings. The van der Waals surface area contributed by atoms with Crippen LogP contribution in [0.15, 0.2) is 328 Å². The number of carbonyl (C=O) groups excluding carboxylic acids is 6. The van der Waals surface area contributed by atoms with E-state index in [0.29, 0.717) is 96.9 Å². The van der Waals surface area contributed by atoms with E-state index in [9.17, 15) is 68.3 Å². The largest absolute Gasteiger partial charge is 0.433 e.